The molecule has 6 heteroatoms. The zero-order valence-corrected chi connectivity index (χ0v) is 13.5. The molecule has 1 aromatic carbocycles. The number of fused-ring (bicyclic) bond motifs is 3. The van der Waals surface area contributed by atoms with Crippen molar-refractivity contribution >= 4 is 28.9 Å². The lowest BCUT2D eigenvalue weighted by Crippen LogP contribution is -2.42. The largest absolute Gasteiger partial charge is 0.351 e. The summed E-state index contributed by atoms with van der Waals surface area (Å²) in [5.74, 6) is 0. The van der Waals surface area contributed by atoms with Crippen molar-refractivity contribution in [3.63, 3.8) is 0 Å². The Morgan fingerprint density at radius 1 is 1.25 bits per heavy atom. The Morgan fingerprint density at radius 3 is 2.75 bits per heavy atom. The van der Waals surface area contributed by atoms with Crippen molar-refractivity contribution in [1.82, 2.24) is 4.90 Å². The average Bonchev–Trinajstić information content (AvgIpc) is 3.09. The molecular formula is C18H14N2O3S. The lowest BCUT2D eigenvalue weighted by Gasteiger charge is -2.38. The Balaban J connectivity index is 1.97. The van der Waals surface area contributed by atoms with Gasteiger partial charge in [0, 0.05) is 12.6 Å². The Morgan fingerprint density at radius 2 is 2.04 bits per heavy atom. The van der Waals surface area contributed by atoms with Gasteiger partial charge in [-0.15, -0.1) is 11.3 Å². The summed E-state index contributed by atoms with van der Waals surface area (Å²) < 4.78 is 0. The van der Waals surface area contributed by atoms with Crippen molar-refractivity contribution < 1.29 is 9.72 Å². The van der Waals surface area contributed by atoms with Crippen LogP contribution in [0.5, 0.6) is 0 Å². The van der Waals surface area contributed by atoms with Gasteiger partial charge in [-0.1, -0.05) is 30.3 Å². The summed E-state index contributed by atoms with van der Waals surface area (Å²) >= 11 is 1.49. The second kappa shape index (κ2) is 5.72. The fourth-order valence-electron chi connectivity index (χ4n) is 3.40. The van der Waals surface area contributed by atoms with Crippen molar-refractivity contribution in [2.24, 2.45) is 0 Å². The summed E-state index contributed by atoms with van der Waals surface area (Å²) in [5, 5.41) is 13.7. The predicted molar refractivity (Wildman–Crippen MR) is 92.9 cm³/mol. The van der Waals surface area contributed by atoms with Gasteiger partial charge in [0.25, 0.3) is 5.70 Å². The molecule has 4 rings (SSSR count). The Hall–Kier alpha value is -2.73. The summed E-state index contributed by atoms with van der Waals surface area (Å²) in [6, 6.07) is 10.9. The van der Waals surface area contributed by atoms with Crippen LogP contribution in [0.1, 0.15) is 16.0 Å². The fourth-order valence-corrected chi connectivity index (χ4v) is 4.43. The number of hydrogen-bond acceptors (Lipinski definition) is 5. The first-order valence-electron chi connectivity index (χ1n) is 7.65. The molecule has 0 N–H and O–H groups in total. The molecule has 24 heavy (non-hydrogen) atoms. The van der Waals surface area contributed by atoms with E-state index in [4.69, 9.17) is 0 Å². The van der Waals surface area contributed by atoms with Gasteiger partial charge >= 0.3 is 0 Å². The van der Waals surface area contributed by atoms with E-state index in [-0.39, 0.29) is 10.6 Å². The van der Waals surface area contributed by atoms with Crippen LogP contribution in [0.2, 0.25) is 0 Å². The second-order valence-electron chi connectivity index (χ2n) is 5.76. The smallest absolute Gasteiger partial charge is 0.294 e. The van der Waals surface area contributed by atoms with Gasteiger partial charge in [-0.2, -0.15) is 0 Å². The predicted octanol–water partition coefficient (Wildman–Crippen LogP) is 3.22. The van der Waals surface area contributed by atoms with Gasteiger partial charge < -0.3 is 9.69 Å². The van der Waals surface area contributed by atoms with Crippen LogP contribution in [0, 0.1) is 10.1 Å². The van der Waals surface area contributed by atoms with E-state index in [1.165, 1.54) is 11.3 Å². The molecule has 1 aromatic heterocycles. The maximum absolute atomic E-state index is 11.9. The van der Waals surface area contributed by atoms with Gasteiger partial charge in [0.2, 0.25) is 0 Å². The molecule has 5 nitrogen and oxygen atoms in total. The highest BCUT2D eigenvalue weighted by molar-refractivity contribution is 7.11. The first-order valence-corrected chi connectivity index (χ1v) is 8.53. The van der Waals surface area contributed by atoms with Gasteiger partial charge in [-0.25, -0.2) is 0 Å². The Bertz CT molecular complexity index is 883. The van der Waals surface area contributed by atoms with Gasteiger partial charge in [0.05, 0.1) is 9.80 Å². The molecule has 120 valence electrons. The zero-order chi connectivity index (χ0) is 16.7. The zero-order valence-electron chi connectivity index (χ0n) is 12.7. The summed E-state index contributed by atoms with van der Waals surface area (Å²) in [5.41, 5.74) is 3.28. The first kappa shape index (κ1) is 14.8. The molecule has 0 radical (unpaired) electrons. The van der Waals surface area contributed by atoms with Gasteiger partial charge in [-0.05, 0) is 34.6 Å². The van der Waals surface area contributed by atoms with Crippen LogP contribution in [-0.4, -0.2) is 28.7 Å². The highest BCUT2D eigenvalue weighted by atomic mass is 32.1. The fraction of sp³-hybridized carbons (Fsp3) is 0.167. The van der Waals surface area contributed by atoms with E-state index >= 15 is 0 Å². The molecular weight excluding hydrogens is 324 g/mol. The second-order valence-corrected chi connectivity index (χ2v) is 6.67. The highest BCUT2D eigenvalue weighted by Crippen LogP contribution is 2.42. The van der Waals surface area contributed by atoms with Crippen LogP contribution in [0.15, 0.2) is 53.6 Å². The van der Waals surface area contributed by atoms with Crippen molar-refractivity contribution in [3.8, 4) is 0 Å². The minimum absolute atomic E-state index is 0.0651. The molecule has 0 aliphatic carbocycles. The molecule has 2 aromatic rings. The van der Waals surface area contributed by atoms with Crippen molar-refractivity contribution in [2.45, 2.75) is 12.5 Å². The minimum atomic E-state index is -0.499. The normalized spacial score (nSPS) is 19.4. The molecule has 0 saturated carbocycles. The molecule has 0 bridgehead atoms. The third kappa shape index (κ3) is 2.18. The van der Waals surface area contributed by atoms with Crippen molar-refractivity contribution in [2.75, 3.05) is 6.54 Å². The monoisotopic (exact) mass is 338 g/mol. The summed E-state index contributed by atoms with van der Waals surface area (Å²) in [6.45, 7) is 0.601. The SMILES string of the molecule is O=CC1C(c2ccccc2)=CC([N+](=O)[O-])=C2c3sccc3CCN21. The van der Waals surface area contributed by atoms with Gasteiger partial charge in [-0.3, -0.25) is 10.1 Å². The number of thiophene rings is 1. The third-order valence-electron chi connectivity index (χ3n) is 4.49. The third-order valence-corrected chi connectivity index (χ3v) is 5.46. The number of allylic oxidation sites excluding steroid dienone is 1. The number of carbonyl (C=O) groups excluding carboxylic acids is 1. The maximum atomic E-state index is 11.9. The molecule has 0 saturated heterocycles. The highest BCUT2D eigenvalue weighted by Gasteiger charge is 2.39. The van der Waals surface area contributed by atoms with E-state index in [0.717, 1.165) is 28.7 Å². The quantitative estimate of drug-likeness (QED) is 0.490. The van der Waals surface area contributed by atoms with E-state index in [9.17, 15) is 14.9 Å². The molecule has 0 spiro atoms. The molecule has 0 fully saturated rings. The Labute approximate surface area is 142 Å². The van der Waals surface area contributed by atoms with Gasteiger partial charge in [0.15, 0.2) is 0 Å². The van der Waals surface area contributed by atoms with E-state index in [1.807, 2.05) is 46.7 Å². The number of nitro groups is 1. The van der Waals surface area contributed by atoms with Crippen LogP contribution in [0.4, 0.5) is 0 Å². The van der Waals surface area contributed by atoms with E-state index in [1.54, 1.807) is 6.08 Å². The average molecular weight is 338 g/mol. The lowest BCUT2D eigenvalue weighted by atomic mass is 9.90. The topological polar surface area (TPSA) is 63.4 Å². The Kier molecular flexibility index (Phi) is 3.54. The number of rotatable bonds is 3. The molecule has 0 amide bonds. The first-order chi connectivity index (χ1) is 11.7. The molecule has 1 unspecified atom stereocenters. The number of benzene rings is 1. The van der Waals surface area contributed by atoms with Crippen LogP contribution in [0.25, 0.3) is 11.3 Å². The number of nitrogens with zero attached hydrogens (tertiary/aromatic N) is 2. The standard InChI is InChI=1S/C18H14N2O3S/c21-11-16-14(12-4-2-1-3-5-12)10-15(20(22)23)17-18-13(7-9-24-18)6-8-19(16)17/h1-5,7,9-11,16H,6,8H2. The molecule has 2 aliphatic heterocycles. The maximum Gasteiger partial charge on any atom is 0.294 e. The van der Waals surface area contributed by atoms with E-state index < -0.39 is 6.04 Å². The molecule has 1 atom stereocenters. The minimum Gasteiger partial charge on any atom is -0.351 e. The molecule has 3 heterocycles. The summed E-state index contributed by atoms with van der Waals surface area (Å²) in [6.07, 6.45) is 3.24. The number of hydrogen-bond donors (Lipinski definition) is 0. The number of aldehydes is 1. The van der Waals surface area contributed by atoms with Crippen LogP contribution >= 0.6 is 11.3 Å². The van der Waals surface area contributed by atoms with E-state index in [0.29, 0.717) is 17.8 Å². The van der Waals surface area contributed by atoms with Crippen LogP contribution < -0.4 is 0 Å². The summed E-state index contributed by atoms with van der Waals surface area (Å²) in [7, 11) is 0. The van der Waals surface area contributed by atoms with Crippen molar-refractivity contribution in [3.05, 3.63) is 79.7 Å². The van der Waals surface area contributed by atoms with Crippen molar-refractivity contribution in [1.29, 1.82) is 0 Å². The molecule has 2 aliphatic rings. The van der Waals surface area contributed by atoms with Crippen LogP contribution in [0.3, 0.4) is 0 Å². The van der Waals surface area contributed by atoms with Crippen LogP contribution in [-0.2, 0) is 11.2 Å². The lowest BCUT2D eigenvalue weighted by molar-refractivity contribution is -0.418. The number of carbonyl (C=O) groups is 1. The van der Waals surface area contributed by atoms with E-state index in [2.05, 4.69) is 0 Å². The van der Waals surface area contributed by atoms with Gasteiger partial charge in [0.1, 0.15) is 18.0 Å². The summed E-state index contributed by atoms with van der Waals surface area (Å²) in [4.78, 5) is 26.0.